The van der Waals surface area contributed by atoms with Gasteiger partial charge in [0.05, 0.1) is 0 Å². The van der Waals surface area contributed by atoms with Crippen LogP contribution in [0.15, 0.2) is 54.6 Å². The molecule has 4 heteroatoms. The van der Waals surface area contributed by atoms with Gasteiger partial charge in [-0.25, -0.2) is 4.79 Å². The summed E-state index contributed by atoms with van der Waals surface area (Å²) in [5.41, 5.74) is 1.93. The van der Waals surface area contributed by atoms with Gasteiger partial charge in [0, 0.05) is 18.8 Å². The fraction of sp³-hybridized carbons (Fsp3) is 0.278. The van der Waals surface area contributed by atoms with Gasteiger partial charge in [-0.05, 0) is 42.7 Å². The van der Waals surface area contributed by atoms with Crippen molar-refractivity contribution in [3.05, 3.63) is 60.2 Å². The number of carbonyl (C=O) groups is 1. The first kappa shape index (κ1) is 14.4. The van der Waals surface area contributed by atoms with Crippen molar-refractivity contribution in [2.75, 3.05) is 18.4 Å². The molecule has 0 saturated carbocycles. The van der Waals surface area contributed by atoms with E-state index < -0.39 is 0 Å². The Morgan fingerprint density at radius 1 is 1.00 bits per heavy atom. The quantitative estimate of drug-likeness (QED) is 0.930. The molecule has 1 aliphatic heterocycles. The van der Waals surface area contributed by atoms with Gasteiger partial charge in [0.2, 0.25) is 0 Å². The summed E-state index contributed by atoms with van der Waals surface area (Å²) in [6.45, 7) is 2.24. The highest BCUT2D eigenvalue weighted by molar-refractivity contribution is 5.89. The van der Waals surface area contributed by atoms with Crippen molar-refractivity contribution in [2.45, 2.75) is 19.4 Å². The molecule has 2 aromatic carbocycles. The predicted molar refractivity (Wildman–Crippen MR) is 87.0 cm³/mol. The molecule has 3 rings (SSSR count). The summed E-state index contributed by atoms with van der Waals surface area (Å²) in [6.07, 6.45) is 2.19. The van der Waals surface area contributed by atoms with Crippen molar-refractivity contribution in [1.82, 2.24) is 4.90 Å². The number of benzene rings is 2. The average molecular weight is 296 g/mol. The monoisotopic (exact) mass is 296 g/mol. The average Bonchev–Trinajstić information content (AvgIpc) is 3.10. The van der Waals surface area contributed by atoms with Crippen molar-refractivity contribution < 1.29 is 9.53 Å². The van der Waals surface area contributed by atoms with E-state index in [1.165, 1.54) is 0 Å². The highest BCUT2D eigenvalue weighted by Gasteiger charge is 2.17. The Balaban J connectivity index is 1.52. The third kappa shape index (κ3) is 3.79. The Labute approximate surface area is 130 Å². The molecule has 0 atom stereocenters. The minimum atomic E-state index is -0.0181. The van der Waals surface area contributed by atoms with Gasteiger partial charge in [0.1, 0.15) is 12.4 Å². The zero-order chi connectivity index (χ0) is 15.2. The van der Waals surface area contributed by atoms with Crippen molar-refractivity contribution >= 4 is 11.7 Å². The van der Waals surface area contributed by atoms with Gasteiger partial charge in [-0.2, -0.15) is 0 Å². The van der Waals surface area contributed by atoms with Crippen LogP contribution in [0.25, 0.3) is 0 Å². The second-order valence-corrected chi connectivity index (χ2v) is 5.42. The molecule has 0 bridgehead atoms. The van der Waals surface area contributed by atoms with Gasteiger partial charge in [-0.15, -0.1) is 0 Å². The van der Waals surface area contributed by atoms with E-state index in [1.54, 1.807) is 0 Å². The summed E-state index contributed by atoms with van der Waals surface area (Å²) < 4.78 is 5.73. The Morgan fingerprint density at radius 2 is 1.68 bits per heavy atom. The van der Waals surface area contributed by atoms with E-state index in [0.29, 0.717) is 6.61 Å². The molecule has 0 spiro atoms. The number of anilines is 1. The van der Waals surface area contributed by atoms with E-state index in [4.69, 9.17) is 4.74 Å². The summed E-state index contributed by atoms with van der Waals surface area (Å²) in [6, 6.07) is 17.5. The summed E-state index contributed by atoms with van der Waals surface area (Å²) in [5, 5.41) is 2.92. The molecule has 1 aliphatic rings. The maximum Gasteiger partial charge on any atom is 0.321 e. The number of hydrogen-bond acceptors (Lipinski definition) is 2. The Morgan fingerprint density at radius 3 is 2.36 bits per heavy atom. The standard InChI is InChI=1S/C18H20N2O2/c21-18(20-12-4-5-13-20)19-16-8-10-17(11-9-16)22-14-15-6-2-1-3-7-15/h1-3,6-11H,4-5,12-14H2,(H,19,21). The molecule has 0 radical (unpaired) electrons. The number of rotatable bonds is 4. The van der Waals surface area contributed by atoms with Gasteiger partial charge in [0.15, 0.2) is 0 Å². The number of nitrogens with zero attached hydrogens (tertiary/aromatic N) is 1. The fourth-order valence-corrected chi connectivity index (χ4v) is 2.50. The molecular formula is C18H20N2O2. The molecule has 1 fully saturated rings. The highest BCUT2D eigenvalue weighted by Crippen LogP contribution is 2.18. The van der Waals surface area contributed by atoms with E-state index in [-0.39, 0.29) is 6.03 Å². The van der Waals surface area contributed by atoms with Crippen molar-refractivity contribution in [1.29, 1.82) is 0 Å². The number of urea groups is 1. The normalized spacial score (nSPS) is 13.9. The van der Waals surface area contributed by atoms with E-state index in [2.05, 4.69) is 5.32 Å². The third-order valence-corrected chi connectivity index (χ3v) is 3.75. The second-order valence-electron chi connectivity index (χ2n) is 5.42. The molecule has 2 aromatic rings. The van der Waals surface area contributed by atoms with Crippen molar-refractivity contribution in [3.63, 3.8) is 0 Å². The van der Waals surface area contributed by atoms with Crippen LogP contribution in [-0.2, 0) is 6.61 Å². The Kier molecular flexibility index (Phi) is 4.59. The lowest BCUT2D eigenvalue weighted by molar-refractivity contribution is 0.222. The van der Waals surface area contributed by atoms with Crippen LogP contribution >= 0.6 is 0 Å². The van der Waals surface area contributed by atoms with Crippen LogP contribution in [0.5, 0.6) is 5.75 Å². The lowest BCUT2D eigenvalue weighted by atomic mass is 10.2. The molecule has 22 heavy (non-hydrogen) atoms. The maximum atomic E-state index is 12.0. The molecule has 114 valence electrons. The molecule has 0 aromatic heterocycles. The van der Waals surface area contributed by atoms with Gasteiger partial charge in [-0.3, -0.25) is 0 Å². The number of amides is 2. The van der Waals surface area contributed by atoms with Crippen LogP contribution in [-0.4, -0.2) is 24.0 Å². The SMILES string of the molecule is O=C(Nc1ccc(OCc2ccccc2)cc1)N1CCCC1. The summed E-state index contributed by atoms with van der Waals surface area (Å²) in [4.78, 5) is 13.8. The zero-order valence-corrected chi connectivity index (χ0v) is 12.5. The van der Waals surface area contributed by atoms with Crippen molar-refractivity contribution in [2.24, 2.45) is 0 Å². The van der Waals surface area contributed by atoms with Crippen LogP contribution in [0.3, 0.4) is 0 Å². The molecule has 1 N–H and O–H groups in total. The summed E-state index contributed by atoms with van der Waals surface area (Å²) in [5.74, 6) is 0.794. The zero-order valence-electron chi connectivity index (χ0n) is 12.5. The van der Waals surface area contributed by atoms with Crippen molar-refractivity contribution in [3.8, 4) is 5.75 Å². The number of carbonyl (C=O) groups excluding carboxylic acids is 1. The van der Waals surface area contributed by atoms with Crippen LogP contribution in [0.2, 0.25) is 0 Å². The smallest absolute Gasteiger partial charge is 0.321 e. The fourth-order valence-electron chi connectivity index (χ4n) is 2.50. The van der Waals surface area contributed by atoms with Crippen LogP contribution in [0.1, 0.15) is 18.4 Å². The largest absolute Gasteiger partial charge is 0.489 e. The van der Waals surface area contributed by atoms with Gasteiger partial charge < -0.3 is 15.0 Å². The first-order valence-electron chi connectivity index (χ1n) is 7.64. The molecule has 0 unspecified atom stereocenters. The molecule has 1 saturated heterocycles. The topological polar surface area (TPSA) is 41.6 Å². The Bertz CT molecular complexity index is 605. The predicted octanol–water partition coefficient (Wildman–Crippen LogP) is 3.89. The van der Waals surface area contributed by atoms with Gasteiger partial charge in [0.25, 0.3) is 0 Å². The number of hydrogen-bond donors (Lipinski definition) is 1. The summed E-state index contributed by atoms with van der Waals surface area (Å²) >= 11 is 0. The van der Waals surface area contributed by atoms with Crippen LogP contribution in [0.4, 0.5) is 10.5 Å². The first-order valence-corrected chi connectivity index (χ1v) is 7.64. The van der Waals surface area contributed by atoms with E-state index in [9.17, 15) is 4.79 Å². The molecule has 0 aliphatic carbocycles. The van der Waals surface area contributed by atoms with E-state index in [0.717, 1.165) is 42.9 Å². The molecule has 4 nitrogen and oxygen atoms in total. The first-order chi connectivity index (χ1) is 10.8. The van der Waals surface area contributed by atoms with E-state index in [1.807, 2.05) is 59.5 Å². The van der Waals surface area contributed by atoms with Gasteiger partial charge in [-0.1, -0.05) is 30.3 Å². The maximum absolute atomic E-state index is 12.0. The number of likely N-dealkylation sites (tertiary alicyclic amines) is 1. The second kappa shape index (κ2) is 6.98. The number of ether oxygens (including phenoxy) is 1. The molecule has 2 amide bonds. The minimum absolute atomic E-state index is 0.0181. The molecular weight excluding hydrogens is 276 g/mol. The van der Waals surface area contributed by atoms with Crippen LogP contribution < -0.4 is 10.1 Å². The highest BCUT2D eigenvalue weighted by atomic mass is 16.5. The lowest BCUT2D eigenvalue weighted by Crippen LogP contribution is -2.32. The van der Waals surface area contributed by atoms with E-state index >= 15 is 0 Å². The van der Waals surface area contributed by atoms with Crippen LogP contribution in [0, 0.1) is 0 Å². The van der Waals surface area contributed by atoms with Gasteiger partial charge >= 0.3 is 6.03 Å². The number of nitrogens with one attached hydrogen (secondary N) is 1. The third-order valence-electron chi connectivity index (χ3n) is 3.75. The summed E-state index contributed by atoms with van der Waals surface area (Å²) in [7, 11) is 0. The lowest BCUT2D eigenvalue weighted by Gasteiger charge is -2.16. The minimum Gasteiger partial charge on any atom is -0.489 e. The molecule has 1 heterocycles. The Hall–Kier alpha value is -2.49.